The van der Waals surface area contributed by atoms with Crippen LogP contribution in [0.5, 0.6) is 0 Å². The maximum atomic E-state index is 12.1. The van der Waals surface area contributed by atoms with Crippen molar-refractivity contribution in [3.8, 4) is 0 Å². The third-order valence-corrected chi connectivity index (χ3v) is 3.97. The van der Waals surface area contributed by atoms with Gasteiger partial charge >= 0.3 is 0 Å². The van der Waals surface area contributed by atoms with Crippen molar-refractivity contribution in [1.82, 2.24) is 19.8 Å². The van der Waals surface area contributed by atoms with Gasteiger partial charge in [-0.25, -0.2) is 4.98 Å². The lowest BCUT2D eigenvalue weighted by atomic mass is 9.95. The fraction of sp³-hybridized carbons (Fsp3) is 0.714. The number of aryl methyl sites for hydroxylation is 1. The second kappa shape index (κ2) is 6.70. The zero-order valence-electron chi connectivity index (χ0n) is 11.9. The Balaban J connectivity index is 1.75. The lowest BCUT2D eigenvalue weighted by Crippen LogP contribution is -2.39. The molecule has 1 aromatic rings. The highest BCUT2D eigenvalue weighted by Gasteiger charge is 2.24. The predicted octanol–water partition coefficient (Wildman–Crippen LogP) is 0.903. The number of likely N-dealkylation sites (N-methyl/N-ethyl adjacent to an activating group) is 1. The third kappa shape index (κ3) is 3.56. The maximum absolute atomic E-state index is 12.1. The number of fused-ring (bicyclic) bond motifs is 1. The van der Waals surface area contributed by atoms with Crippen LogP contribution >= 0.6 is 0 Å². The molecule has 1 N–H and O–H groups in total. The van der Waals surface area contributed by atoms with Gasteiger partial charge in [-0.2, -0.15) is 0 Å². The Bertz CT molecular complexity index is 411. The molecular weight excluding hydrogens is 240 g/mol. The SMILES string of the molecule is CCN(CC)CCNC(=O)C1CCn2cncc2C1. The van der Waals surface area contributed by atoms with Gasteiger partial charge in [0, 0.05) is 43.9 Å². The van der Waals surface area contributed by atoms with Gasteiger partial charge in [0.15, 0.2) is 0 Å². The van der Waals surface area contributed by atoms with Crippen LogP contribution in [0.15, 0.2) is 12.5 Å². The van der Waals surface area contributed by atoms with E-state index in [4.69, 9.17) is 0 Å². The standard InChI is InChI=1S/C14H24N4O/c1-3-17(4-2)8-6-16-14(19)12-5-7-18-11-15-10-13(18)9-12/h10-12H,3-9H2,1-2H3,(H,16,19). The molecule has 2 rings (SSSR count). The van der Waals surface area contributed by atoms with Crippen LogP contribution in [0.25, 0.3) is 0 Å². The molecule has 1 unspecified atom stereocenters. The third-order valence-electron chi connectivity index (χ3n) is 3.97. The number of hydrogen-bond donors (Lipinski definition) is 1. The van der Waals surface area contributed by atoms with Gasteiger partial charge in [0.25, 0.3) is 0 Å². The zero-order valence-corrected chi connectivity index (χ0v) is 11.9. The van der Waals surface area contributed by atoms with E-state index in [0.717, 1.165) is 45.6 Å². The summed E-state index contributed by atoms with van der Waals surface area (Å²) >= 11 is 0. The first-order valence-corrected chi connectivity index (χ1v) is 7.23. The highest BCUT2D eigenvalue weighted by molar-refractivity contribution is 5.79. The van der Waals surface area contributed by atoms with Crippen LogP contribution in [0.2, 0.25) is 0 Å². The molecule has 0 bridgehead atoms. The molecule has 1 aliphatic rings. The van der Waals surface area contributed by atoms with Crippen molar-refractivity contribution in [1.29, 1.82) is 0 Å². The van der Waals surface area contributed by atoms with Gasteiger partial charge < -0.3 is 14.8 Å². The molecule has 2 heterocycles. The normalized spacial score (nSPS) is 18.4. The van der Waals surface area contributed by atoms with E-state index in [1.165, 1.54) is 5.69 Å². The Hall–Kier alpha value is -1.36. The highest BCUT2D eigenvalue weighted by Crippen LogP contribution is 2.19. The molecule has 5 nitrogen and oxygen atoms in total. The van der Waals surface area contributed by atoms with Gasteiger partial charge in [-0.15, -0.1) is 0 Å². The average molecular weight is 264 g/mol. The molecule has 1 amide bonds. The van der Waals surface area contributed by atoms with E-state index >= 15 is 0 Å². The lowest BCUT2D eigenvalue weighted by molar-refractivity contribution is -0.125. The monoisotopic (exact) mass is 264 g/mol. The minimum Gasteiger partial charge on any atom is -0.355 e. The second-order valence-electron chi connectivity index (χ2n) is 5.09. The number of carbonyl (C=O) groups is 1. The summed E-state index contributed by atoms with van der Waals surface area (Å²) in [5.41, 5.74) is 1.18. The van der Waals surface area contributed by atoms with Crippen molar-refractivity contribution < 1.29 is 4.79 Å². The summed E-state index contributed by atoms with van der Waals surface area (Å²) < 4.78 is 2.14. The molecule has 1 atom stereocenters. The molecule has 0 saturated heterocycles. The predicted molar refractivity (Wildman–Crippen MR) is 74.8 cm³/mol. The Morgan fingerprint density at radius 3 is 3.05 bits per heavy atom. The molecule has 19 heavy (non-hydrogen) atoms. The number of amides is 1. The Morgan fingerprint density at radius 2 is 2.32 bits per heavy atom. The van der Waals surface area contributed by atoms with E-state index in [-0.39, 0.29) is 11.8 Å². The van der Waals surface area contributed by atoms with Gasteiger partial charge in [-0.1, -0.05) is 13.8 Å². The van der Waals surface area contributed by atoms with Gasteiger partial charge in [-0.05, 0) is 19.5 Å². The summed E-state index contributed by atoms with van der Waals surface area (Å²) in [5.74, 6) is 0.306. The van der Waals surface area contributed by atoms with E-state index in [9.17, 15) is 4.79 Å². The van der Waals surface area contributed by atoms with Crippen molar-refractivity contribution in [2.45, 2.75) is 33.2 Å². The first-order valence-electron chi connectivity index (χ1n) is 7.23. The highest BCUT2D eigenvalue weighted by atomic mass is 16.1. The van der Waals surface area contributed by atoms with E-state index in [1.54, 1.807) is 0 Å². The van der Waals surface area contributed by atoms with Gasteiger partial charge in [-0.3, -0.25) is 4.79 Å². The van der Waals surface area contributed by atoms with Gasteiger partial charge in [0.05, 0.1) is 6.33 Å². The lowest BCUT2D eigenvalue weighted by Gasteiger charge is -2.24. The number of hydrogen-bond acceptors (Lipinski definition) is 3. The summed E-state index contributed by atoms with van der Waals surface area (Å²) in [6.45, 7) is 8.95. The Morgan fingerprint density at radius 1 is 1.53 bits per heavy atom. The topological polar surface area (TPSA) is 50.2 Å². The Kier molecular flexibility index (Phi) is 4.96. The molecule has 0 fully saturated rings. The van der Waals surface area contributed by atoms with E-state index in [1.807, 2.05) is 12.5 Å². The van der Waals surface area contributed by atoms with Crippen molar-refractivity contribution in [3.05, 3.63) is 18.2 Å². The van der Waals surface area contributed by atoms with E-state index < -0.39 is 0 Å². The fourth-order valence-electron chi connectivity index (χ4n) is 2.61. The van der Waals surface area contributed by atoms with Crippen LogP contribution in [0.4, 0.5) is 0 Å². The van der Waals surface area contributed by atoms with Crippen LogP contribution in [0, 0.1) is 5.92 Å². The molecule has 106 valence electrons. The van der Waals surface area contributed by atoms with Gasteiger partial charge in [0.1, 0.15) is 0 Å². The fourth-order valence-corrected chi connectivity index (χ4v) is 2.61. The summed E-state index contributed by atoms with van der Waals surface area (Å²) in [6.07, 6.45) is 5.46. The number of rotatable bonds is 6. The molecular formula is C14H24N4O. The molecule has 0 saturated carbocycles. The molecule has 1 aliphatic heterocycles. The van der Waals surface area contributed by atoms with Crippen LogP contribution in [-0.4, -0.2) is 46.5 Å². The van der Waals surface area contributed by atoms with Crippen molar-refractivity contribution in [3.63, 3.8) is 0 Å². The summed E-state index contributed by atoms with van der Waals surface area (Å²) in [5, 5.41) is 3.06. The number of nitrogens with zero attached hydrogens (tertiary/aromatic N) is 3. The van der Waals surface area contributed by atoms with Crippen LogP contribution in [-0.2, 0) is 17.8 Å². The number of aromatic nitrogens is 2. The van der Waals surface area contributed by atoms with Crippen molar-refractivity contribution in [2.24, 2.45) is 5.92 Å². The first kappa shape index (κ1) is 14.1. The molecule has 0 aromatic carbocycles. The minimum absolute atomic E-state index is 0.112. The maximum Gasteiger partial charge on any atom is 0.223 e. The van der Waals surface area contributed by atoms with Gasteiger partial charge in [0.2, 0.25) is 5.91 Å². The molecule has 0 radical (unpaired) electrons. The molecule has 0 spiro atoms. The molecule has 0 aliphatic carbocycles. The van der Waals surface area contributed by atoms with Crippen LogP contribution in [0.3, 0.4) is 0 Å². The number of carbonyl (C=O) groups excluding carboxylic acids is 1. The zero-order chi connectivity index (χ0) is 13.7. The Labute approximate surface area is 115 Å². The van der Waals surface area contributed by atoms with E-state index in [0.29, 0.717) is 0 Å². The smallest absolute Gasteiger partial charge is 0.223 e. The number of imidazole rings is 1. The summed E-state index contributed by atoms with van der Waals surface area (Å²) in [7, 11) is 0. The largest absolute Gasteiger partial charge is 0.355 e. The van der Waals surface area contributed by atoms with Crippen LogP contribution in [0.1, 0.15) is 26.0 Å². The second-order valence-corrected chi connectivity index (χ2v) is 5.09. The quantitative estimate of drug-likeness (QED) is 0.830. The van der Waals surface area contributed by atoms with Crippen molar-refractivity contribution in [2.75, 3.05) is 26.2 Å². The summed E-state index contributed by atoms with van der Waals surface area (Å²) in [6, 6.07) is 0. The van der Waals surface area contributed by atoms with Crippen LogP contribution < -0.4 is 5.32 Å². The first-order chi connectivity index (χ1) is 9.24. The number of nitrogens with one attached hydrogen (secondary N) is 1. The molecule has 1 aromatic heterocycles. The average Bonchev–Trinajstić information content (AvgIpc) is 2.90. The van der Waals surface area contributed by atoms with E-state index in [2.05, 4.69) is 33.6 Å². The molecule has 5 heteroatoms. The minimum atomic E-state index is 0.112. The summed E-state index contributed by atoms with van der Waals surface area (Å²) in [4.78, 5) is 18.6. The van der Waals surface area contributed by atoms with Crippen molar-refractivity contribution >= 4 is 5.91 Å².